The summed E-state index contributed by atoms with van der Waals surface area (Å²) in [6.07, 6.45) is 2.28. The number of amides is 4. The van der Waals surface area contributed by atoms with E-state index in [1.807, 2.05) is 38.1 Å². The normalized spacial score (nSPS) is 14.4. The van der Waals surface area contributed by atoms with Crippen molar-refractivity contribution >= 4 is 68.1 Å². The van der Waals surface area contributed by atoms with Gasteiger partial charge in [0.1, 0.15) is 17.9 Å². The van der Waals surface area contributed by atoms with Gasteiger partial charge in [-0.25, -0.2) is 9.69 Å². The zero-order chi connectivity index (χ0) is 27.9. The maximum absolute atomic E-state index is 13.4. The van der Waals surface area contributed by atoms with Gasteiger partial charge in [0, 0.05) is 4.47 Å². The van der Waals surface area contributed by atoms with E-state index in [1.54, 1.807) is 36.4 Å². The summed E-state index contributed by atoms with van der Waals surface area (Å²) in [6.45, 7) is 5.19. The molecule has 1 saturated heterocycles. The number of hydrogen-bond donors (Lipinski definition) is 1. The van der Waals surface area contributed by atoms with Crippen LogP contribution in [0, 0.1) is 3.57 Å². The molecule has 3 aromatic rings. The highest BCUT2D eigenvalue weighted by Gasteiger charge is 2.37. The van der Waals surface area contributed by atoms with E-state index in [4.69, 9.17) is 14.2 Å². The summed E-state index contributed by atoms with van der Waals surface area (Å²) in [6, 6.07) is 17.0. The number of nitrogens with zero attached hydrogens (tertiary/aromatic N) is 1. The third kappa shape index (κ3) is 6.99. The van der Waals surface area contributed by atoms with Crippen LogP contribution in [0.5, 0.6) is 17.2 Å². The van der Waals surface area contributed by atoms with E-state index in [0.717, 1.165) is 24.9 Å². The molecule has 1 aliphatic rings. The van der Waals surface area contributed by atoms with Crippen LogP contribution < -0.4 is 24.4 Å². The van der Waals surface area contributed by atoms with Crippen molar-refractivity contribution in [3.05, 3.63) is 85.4 Å². The van der Waals surface area contributed by atoms with Crippen LogP contribution in [0.2, 0.25) is 0 Å². The molecular formula is C29H26BrIN2O6. The van der Waals surface area contributed by atoms with E-state index >= 15 is 0 Å². The van der Waals surface area contributed by atoms with E-state index in [2.05, 4.69) is 43.8 Å². The quantitative estimate of drug-likeness (QED) is 0.147. The van der Waals surface area contributed by atoms with Crippen LogP contribution in [-0.2, 0) is 16.2 Å². The molecule has 1 N–H and O–H groups in total. The van der Waals surface area contributed by atoms with E-state index in [-0.39, 0.29) is 5.57 Å². The summed E-state index contributed by atoms with van der Waals surface area (Å²) >= 11 is 5.53. The number of halogens is 2. The van der Waals surface area contributed by atoms with Crippen molar-refractivity contribution in [3.8, 4) is 17.2 Å². The first-order valence-corrected chi connectivity index (χ1v) is 14.2. The Kier molecular flexibility index (Phi) is 9.63. The van der Waals surface area contributed by atoms with Gasteiger partial charge < -0.3 is 14.2 Å². The first-order chi connectivity index (χ1) is 18.8. The fourth-order valence-corrected chi connectivity index (χ4v) is 4.82. The minimum absolute atomic E-state index is 0.175. The molecule has 3 aromatic carbocycles. The lowest BCUT2D eigenvalue weighted by atomic mass is 10.1. The number of anilines is 1. The molecular weight excluding hydrogens is 679 g/mol. The number of imide groups is 2. The molecule has 1 aliphatic heterocycles. The number of rotatable bonds is 10. The summed E-state index contributed by atoms with van der Waals surface area (Å²) < 4.78 is 19.2. The Bertz CT molecular complexity index is 1410. The van der Waals surface area contributed by atoms with Crippen molar-refractivity contribution in [1.82, 2.24) is 5.32 Å². The summed E-state index contributed by atoms with van der Waals surface area (Å²) in [5, 5.41) is 2.25. The maximum Gasteiger partial charge on any atom is 0.335 e. The van der Waals surface area contributed by atoms with Crippen LogP contribution in [-0.4, -0.2) is 31.1 Å². The highest BCUT2D eigenvalue weighted by molar-refractivity contribution is 14.1. The van der Waals surface area contributed by atoms with Crippen LogP contribution in [0.15, 0.2) is 70.7 Å². The second-order valence-corrected chi connectivity index (χ2v) is 10.6. The number of hydrogen-bond acceptors (Lipinski definition) is 6. The lowest BCUT2D eigenvalue weighted by molar-refractivity contribution is -0.122. The first kappa shape index (κ1) is 28.6. The smallest absolute Gasteiger partial charge is 0.335 e. The van der Waals surface area contributed by atoms with Gasteiger partial charge in [-0.2, -0.15) is 0 Å². The van der Waals surface area contributed by atoms with Gasteiger partial charge in [0.05, 0.1) is 22.5 Å². The molecule has 10 heteroatoms. The van der Waals surface area contributed by atoms with E-state index in [1.165, 1.54) is 6.08 Å². The van der Waals surface area contributed by atoms with Crippen molar-refractivity contribution in [2.45, 2.75) is 26.9 Å². The van der Waals surface area contributed by atoms with Crippen LogP contribution in [0.4, 0.5) is 10.5 Å². The predicted molar refractivity (Wildman–Crippen MR) is 160 cm³/mol. The van der Waals surface area contributed by atoms with Gasteiger partial charge in [-0.1, -0.05) is 35.0 Å². The molecule has 8 nitrogen and oxygen atoms in total. The third-order valence-corrected chi connectivity index (χ3v) is 6.94. The second-order valence-electron chi connectivity index (χ2n) is 8.48. The van der Waals surface area contributed by atoms with Gasteiger partial charge in [-0.3, -0.25) is 14.9 Å². The molecule has 1 heterocycles. The topological polar surface area (TPSA) is 94.2 Å². The van der Waals surface area contributed by atoms with Gasteiger partial charge in [0.25, 0.3) is 11.8 Å². The standard InChI is InChI=1S/C29H26BrIN2O6/c1-3-13-38-26-24(31)15-19(16-25(26)37-4-2)14-23-27(34)32-29(36)33(28(23)35)21-9-11-22(12-10-21)39-17-18-5-7-20(30)8-6-18/h5-12,14-16H,3-4,13,17H2,1-2H3,(H,32,34,36)/b23-14+. The average Bonchev–Trinajstić information content (AvgIpc) is 2.91. The Hall–Kier alpha value is -3.38. The van der Waals surface area contributed by atoms with Crippen LogP contribution in [0.1, 0.15) is 31.4 Å². The average molecular weight is 705 g/mol. The number of carbonyl (C=O) groups excluding carboxylic acids is 3. The zero-order valence-corrected chi connectivity index (χ0v) is 25.1. The van der Waals surface area contributed by atoms with Crippen molar-refractivity contribution in [2.24, 2.45) is 0 Å². The van der Waals surface area contributed by atoms with E-state index in [0.29, 0.717) is 48.3 Å². The molecule has 4 amide bonds. The molecule has 0 atom stereocenters. The monoisotopic (exact) mass is 704 g/mol. The second kappa shape index (κ2) is 13.1. The lowest BCUT2D eigenvalue weighted by Crippen LogP contribution is -2.54. The van der Waals surface area contributed by atoms with Crippen LogP contribution in [0.25, 0.3) is 6.08 Å². The van der Waals surface area contributed by atoms with Crippen LogP contribution in [0.3, 0.4) is 0 Å². The van der Waals surface area contributed by atoms with Gasteiger partial charge in [-0.15, -0.1) is 0 Å². The lowest BCUT2D eigenvalue weighted by Gasteiger charge is -2.26. The Labute approximate surface area is 248 Å². The largest absolute Gasteiger partial charge is 0.490 e. The number of barbiturate groups is 1. The maximum atomic E-state index is 13.4. The minimum Gasteiger partial charge on any atom is -0.490 e. The van der Waals surface area contributed by atoms with E-state index < -0.39 is 17.8 Å². The fraction of sp³-hybridized carbons (Fsp3) is 0.207. The zero-order valence-electron chi connectivity index (χ0n) is 21.3. The molecule has 0 spiro atoms. The highest BCUT2D eigenvalue weighted by Crippen LogP contribution is 2.35. The number of carbonyl (C=O) groups is 3. The van der Waals surface area contributed by atoms with Crippen molar-refractivity contribution in [1.29, 1.82) is 0 Å². The number of ether oxygens (including phenoxy) is 3. The van der Waals surface area contributed by atoms with Gasteiger partial charge >= 0.3 is 6.03 Å². The minimum atomic E-state index is -0.821. The molecule has 0 saturated carbocycles. The van der Waals surface area contributed by atoms with Crippen LogP contribution >= 0.6 is 38.5 Å². The molecule has 4 rings (SSSR count). The fourth-order valence-electron chi connectivity index (χ4n) is 3.78. The molecule has 39 heavy (non-hydrogen) atoms. The molecule has 0 bridgehead atoms. The molecule has 1 fully saturated rings. The summed E-state index contributed by atoms with van der Waals surface area (Å²) in [5.41, 5.74) is 1.69. The van der Waals surface area contributed by atoms with Crippen molar-refractivity contribution in [2.75, 3.05) is 18.1 Å². The van der Waals surface area contributed by atoms with E-state index in [9.17, 15) is 14.4 Å². The summed E-state index contributed by atoms with van der Waals surface area (Å²) in [5.74, 6) is 0.198. The first-order valence-electron chi connectivity index (χ1n) is 12.3. The Morgan fingerprint density at radius 2 is 1.67 bits per heavy atom. The molecule has 0 radical (unpaired) electrons. The third-order valence-electron chi connectivity index (χ3n) is 5.61. The van der Waals surface area contributed by atoms with Gasteiger partial charge in [0.15, 0.2) is 11.5 Å². The SMILES string of the molecule is CCCOc1c(I)cc(/C=C2\C(=O)NC(=O)N(c3ccc(OCc4ccc(Br)cc4)cc3)C2=O)cc1OCC. The highest BCUT2D eigenvalue weighted by atomic mass is 127. The molecule has 0 unspecified atom stereocenters. The Balaban J connectivity index is 1.56. The number of urea groups is 1. The summed E-state index contributed by atoms with van der Waals surface area (Å²) in [7, 11) is 0. The van der Waals surface area contributed by atoms with Gasteiger partial charge in [0.2, 0.25) is 0 Å². The van der Waals surface area contributed by atoms with Gasteiger partial charge in [-0.05, 0) is 102 Å². The molecule has 202 valence electrons. The number of nitrogens with one attached hydrogen (secondary N) is 1. The molecule has 0 aliphatic carbocycles. The van der Waals surface area contributed by atoms with Crippen molar-refractivity contribution < 1.29 is 28.6 Å². The van der Waals surface area contributed by atoms with Crippen molar-refractivity contribution in [3.63, 3.8) is 0 Å². The molecule has 0 aromatic heterocycles. The predicted octanol–water partition coefficient (Wildman–Crippen LogP) is 6.49. The number of benzene rings is 3. The Morgan fingerprint density at radius 3 is 2.33 bits per heavy atom. The Morgan fingerprint density at radius 1 is 0.949 bits per heavy atom. The summed E-state index contributed by atoms with van der Waals surface area (Å²) in [4.78, 5) is 39.6.